The minimum absolute atomic E-state index is 0.540. The van der Waals surface area contributed by atoms with Crippen molar-refractivity contribution in [3.8, 4) is 17.3 Å². The van der Waals surface area contributed by atoms with Crippen molar-refractivity contribution in [3.05, 3.63) is 76.2 Å². The van der Waals surface area contributed by atoms with E-state index >= 15 is 0 Å². The number of anilines is 1. The van der Waals surface area contributed by atoms with E-state index in [1.54, 1.807) is 6.20 Å². The lowest BCUT2D eigenvalue weighted by molar-refractivity contribution is 0.647. The Morgan fingerprint density at radius 2 is 1.93 bits per heavy atom. The van der Waals surface area contributed by atoms with Crippen molar-refractivity contribution >= 4 is 22.6 Å². The molecule has 28 heavy (non-hydrogen) atoms. The monoisotopic (exact) mass is 387 g/mol. The van der Waals surface area contributed by atoms with Gasteiger partial charge in [0, 0.05) is 22.8 Å². The standard InChI is InChI=1S/C24H25N3S/c1-4-19-7-5-6-8-22(19)26-15-21(14-25)24-27-23(16-28-24)20-11-9-18(10-12-20)13-17(2)3/h5-12,15-17,26H,4,13H2,1-3H3/b21-15+. The molecule has 0 radical (unpaired) electrons. The first-order valence-corrected chi connectivity index (χ1v) is 10.5. The zero-order valence-electron chi connectivity index (χ0n) is 16.6. The Balaban J connectivity index is 1.78. The van der Waals surface area contributed by atoms with Crippen LogP contribution >= 0.6 is 11.3 Å². The van der Waals surface area contributed by atoms with Crippen LogP contribution in [-0.2, 0) is 12.8 Å². The number of hydrogen-bond acceptors (Lipinski definition) is 4. The van der Waals surface area contributed by atoms with Crippen LogP contribution in [0, 0.1) is 17.2 Å². The fourth-order valence-corrected chi connectivity index (χ4v) is 3.87. The van der Waals surface area contributed by atoms with Crippen LogP contribution in [0.4, 0.5) is 5.69 Å². The van der Waals surface area contributed by atoms with Gasteiger partial charge in [0.1, 0.15) is 16.6 Å². The normalized spacial score (nSPS) is 11.5. The smallest absolute Gasteiger partial charge is 0.136 e. The summed E-state index contributed by atoms with van der Waals surface area (Å²) in [7, 11) is 0. The van der Waals surface area contributed by atoms with Crippen LogP contribution in [0.2, 0.25) is 0 Å². The second-order valence-corrected chi connectivity index (χ2v) is 8.02. The Morgan fingerprint density at radius 1 is 1.18 bits per heavy atom. The van der Waals surface area contributed by atoms with E-state index in [2.05, 4.69) is 67.5 Å². The summed E-state index contributed by atoms with van der Waals surface area (Å²) in [5.41, 5.74) is 6.11. The van der Waals surface area contributed by atoms with E-state index in [1.165, 1.54) is 22.5 Å². The number of para-hydroxylation sites is 1. The van der Waals surface area contributed by atoms with Crippen molar-refractivity contribution < 1.29 is 0 Å². The summed E-state index contributed by atoms with van der Waals surface area (Å²) >= 11 is 1.50. The summed E-state index contributed by atoms with van der Waals surface area (Å²) in [6.07, 6.45) is 3.77. The fourth-order valence-electron chi connectivity index (χ4n) is 3.07. The molecule has 3 rings (SSSR count). The average molecular weight is 388 g/mol. The molecule has 0 saturated heterocycles. The van der Waals surface area contributed by atoms with Crippen molar-refractivity contribution in [1.82, 2.24) is 4.98 Å². The van der Waals surface area contributed by atoms with Crippen LogP contribution < -0.4 is 5.32 Å². The molecule has 0 atom stereocenters. The molecule has 1 N–H and O–H groups in total. The molecule has 0 aliphatic rings. The third kappa shape index (κ3) is 4.88. The lowest BCUT2D eigenvalue weighted by Gasteiger charge is -2.07. The van der Waals surface area contributed by atoms with Gasteiger partial charge in [-0.05, 0) is 36.0 Å². The summed E-state index contributed by atoms with van der Waals surface area (Å²) < 4.78 is 0. The van der Waals surface area contributed by atoms with Gasteiger partial charge in [-0.3, -0.25) is 0 Å². The van der Waals surface area contributed by atoms with E-state index in [0.717, 1.165) is 34.8 Å². The third-order valence-electron chi connectivity index (χ3n) is 4.52. The first-order valence-electron chi connectivity index (χ1n) is 9.60. The topological polar surface area (TPSA) is 48.7 Å². The summed E-state index contributed by atoms with van der Waals surface area (Å²) in [6, 6.07) is 19.0. The zero-order valence-corrected chi connectivity index (χ0v) is 17.4. The molecule has 1 heterocycles. The molecule has 0 bridgehead atoms. The molecule has 0 fully saturated rings. The quantitative estimate of drug-likeness (QED) is 0.468. The van der Waals surface area contributed by atoms with Crippen LogP contribution in [0.3, 0.4) is 0 Å². The lowest BCUT2D eigenvalue weighted by atomic mass is 10.0. The number of benzene rings is 2. The van der Waals surface area contributed by atoms with E-state index in [-0.39, 0.29) is 0 Å². The Labute approximate surface area is 171 Å². The molecule has 2 aromatic carbocycles. The van der Waals surface area contributed by atoms with Crippen molar-refractivity contribution in [1.29, 1.82) is 5.26 Å². The summed E-state index contributed by atoms with van der Waals surface area (Å²) in [6.45, 7) is 6.57. The SMILES string of the molecule is CCc1ccccc1N/C=C(\C#N)c1nc(-c2ccc(CC(C)C)cc2)cs1. The van der Waals surface area contributed by atoms with Crippen molar-refractivity contribution in [2.75, 3.05) is 5.32 Å². The molecular formula is C24H25N3S. The molecule has 142 valence electrons. The molecule has 3 aromatic rings. The summed E-state index contributed by atoms with van der Waals surface area (Å²) in [4.78, 5) is 4.68. The van der Waals surface area contributed by atoms with Crippen molar-refractivity contribution in [2.45, 2.75) is 33.6 Å². The fraction of sp³-hybridized carbons (Fsp3) is 0.250. The molecular weight excluding hydrogens is 362 g/mol. The number of rotatable bonds is 7. The van der Waals surface area contributed by atoms with Crippen LogP contribution in [0.5, 0.6) is 0 Å². The van der Waals surface area contributed by atoms with E-state index < -0.39 is 0 Å². The predicted octanol–water partition coefficient (Wildman–Crippen LogP) is 6.55. The lowest BCUT2D eigenvalue weighted by Crippen LogP contribution is -1.95. The number of aromatic nitrogens is 1. The largest absolute Gasteiger partial charge is 0.360 e. The van der Waals surface area contributed by atoms with E-state index in [9.17, 15) is 5.26 Å². The molecule has 0 aliphatic heterocycles. The van der Waals surface area contributed by atoms with E-state index in [4.69, 9.17) is 0 Å². The van der Waals surface area contributed by atoms with Gasteiger partial charge in [-0.25, -0.2) is 4.98 Å². The van der Waals surface area contributed by atoms with E-state index in [0.29, 0.717) is 11.5 Å². The number of nitrogens with zero attached hydrogens (tertiary/aromatic N) is 2. The van der Waals surface area contributed by atoms with Crippen molar-refractivity contribution in [3.63, 3.8) is 0 Å². The maximum absolute atomic E-state index is 9.59. The highest BCUT2D eigenvalue weighted by Crippen LogP contribution is 2.27. The molecule has 0 aliphatic carbocycles. The highest BCUT2D eigenvalue weighted by atomic mass is 32.1. The highest BCUT2D eigenvalue weighted by molar-refractivity contribution is 7.11. The Hall–Kier alpha value is -2.90. The Bertz CT molecular complexity index is 991. The van der Waals surface area contributed by atoms with Crippen molar-refractivity contribution in [2.24, 2.45) is 5.92 Å². The first kappa shape index (κ1) is 19.9. The molecule has 4 heteroatoms. The van der Waals surface area contributed by atoms with Gasteiger partial charge in [0.05, 0.1) is 5.69 Å². The second-order valence-electron chi connectivity index (χ2n) is 7.16. The molecule has 1 aromatic heterocycles. The molecule has 0 amide bonds. The maximum atomic E-state index is 9.59. The van der Waals surface area contributed by atoms with Gasteiger partial charge >= 0.3 is 0 Å². The minimum Gasteiger partial charge on any atom is -0.360 e. The van der Waals surface area contributed by atoms with E-state index in [1.807, 2.05) is 23.6 Å². The number of nitriles is 1. The molecule has 3 nitrogen and oxygen atoms in total. The van der Waals surface area contributed by atoms with Gasteiger partial charge < -0.3 is 5.32 Å². The van der Waals surface area contributed by atoms with Gasteiger partial charge in [-0.2, -0.15) is 5.26 Å². The molecule has 0 saturated carbocycles. The minimum atomic E-state index is 0.540. The molecule has 0 unspecified atom stereocenters. The second kappa shape index (κ2) is 9.34. The summed E-state index contributed by atoms with van der Waals surface area (Å²) in [5.74, 6) is 0.644. The van der Waals surface area contributed by atoms with Gasteiger partial charge in [-0.15, -0.1) is 11.3 Å². The van der Waals surface area contributed by atoms with Crippen LogP contribution in [0.15, 0.2) is 60.1 Å². The number of allylic oxidation sites excluding steroid dienone is 1. The summed E-state index contributed by atoms with van der Waals surface area (Å²) in [5, 5.41) is 15.6. The van der Waals surface area contributed by atoms with Crippen LogP contribution in [0.1, 0.15) is 36.9 Å². The van der Waals surface area contributed by atoms with Crippen LogP contribution in [0.25, 0.3) is 16.8 Å². The average Bonchev–Trinajstić information content (AvgIpc) is 3.19. The van der Waals surface area contributed by atoms with Gasteiger partial charge in [-0.1, -0.05) is 63.2 Å². The maximum Gasteiger partial charge on any atom is 0.136 e. The first-order chi connectivity index (χ1) is 13.6. The van der Waals surface area contributed by atoms with Gasteiger partial charge in [0.25, 0.3) is 0 Å². The predicted molar refractivity (Wildman–Crippen MR) is 119 cm³/mol. The Kier molecular flexibility index (Phi) is 6.62. The number of aryl methyl sites for hydroxylation is 1. The van der Waals surface area contributed by atoms with Crippen LogP contribution in [-0.4, -0.2) is 4.98 Å². The van der Waals surface area contributed by atoms with Gasteiger partial charge in [0.2, 0.25) is 0 Å². The Morgan fingerprint density at radius 3 is 2.61 bits per heavy atom. The highest BCUT2D eigenvalue weighted by Gasteiger charge is 2.10. The third-order valence-corrected chi connectivity index (χ3v) is 5.39. The number of thiazole rings is 1. The zero-order chi connectivity index (χ0) is 19.9. The number of nitrogens with one attached hydrogen (secondary N) is 1. The molecule has 0 spiro atoms. The van der Waals surface area contributed by atoms with Gasteiger partial charge in [0.15, 0.2) is 0 Å². The number of hydrogen-bond donors (Lipinski definition) is 1.